The summed E-state index contributed by atoms with van der Waals surface area (Å²) < 4.78 is 5.19. The number of hydrogen-bond donors (Lipinski definition) is 1. The second-order valence-electron chi connectivity index (χ2n) is 4.86. The molecule has 108 valence electrons. The first-order valence-electron chi connectivity index (χ1n) is 6.77. The summed E-state index contributed by atoms with van der Waals surface area (Å²) in [5.41, 5.74) is 0.583. The summed E-state index contributed by atoms with van der Waals surface area (Å²) in [4.78, 5) is 25.0. The summed E-state index contributed by atoms with van der Waals surface area (Å²) in [5, 5.41) is 10.3. The number of para-hydroxylation sites is 1. The molecule has 1 saturated heterocycles. The van der Waals surface area contributed by atoms with Crippen molar-refractivity contribution in [2.75, 3.05) is 13.7 Å². The summed E-state index contributed by atoms with van der Waals surface area (Å²) >= 11 is 0. The molecule has 5 heteroatoms. The predicted octanol–water partition coefficient (Wildman–Crippen LogP) is 1.66. The van der Waals surface area contributed by atoms with Crippen LogP contribution in [-0.2, 0) is 9.59 Å². The van der Waals surface area contributed by atoms with Crippen molar-refractivity contribution in [3.05, 3.63) is 29.8 Å². The van der Waals surface area contributed by atoms with Gasteiger partial charge in [0.15, 0.2) is 0 Å². The van der Waals surface area contributed by atoms with E-state index in [0.717, 1.165) is 12.8 Å². The van der Waals surface area contributed by atoms with Crippen LogP contribution in [0, 0.1) is 0 Å². The number of carbonyl (C=O) groups is 2. The van der Waals surface area contributed by atoms with Gasteiger partial charge in [0, 0.05) is 18.4 Å². The van der Waals surface area contributed by atoms with Crippen LogP contribution in [0.2, 0.25) is 0 Å². The van der Waals surface area contributed by atoms with Gasteiger partial charge in [-0.25, -0.2) is 0 Å². The number of methoxy groups -OCH3 is 1. The minimum atomic E-state index is -0.933. The molecular weight excluding hydrogens is 258 g/mol. The Hall–Kier alpha value is -1.88. The number of ether oxygens (including phenoxy) is 1. The van der Waals surface area contributed by atoms with Crippen molar-refractivity contribution in [2.24, 2.45) is 0 Å². The quantitative estimate of drug-likeness (QED) is 0.850. The molecule has 20 heavy (non-hydrogen) atoms. The van der Waals surface area contributed by atoms with Crippen LogP contribution in [0.4, 0.5) is 0 Å². The number of aliphatic hydroxyl groups is 1. The fourth-order valence-electron chi connectivity index (χ4n) is 2.38. The Labute approximate surface area is 118 Å². The molecule has 0 radical (unpaired) electrons. The molecule has 1 heterocycles. The zero-order valence-corrected chi connectivity index (χ0v) is 11.5. The molecule has 0 aromatic heterocycles. The van der Waals surface area contributed by atoms with Crippen molar-refractivity contribution >= 4 is 11.8 Å². The zero-order chi connectivity index (χ0) is 14.5. The van der Waals surface area contributed by atoms with Gasteiger partial charge in [0.25, 0.3) is 0 Å². The van der Waals surface area contributed by atoms with Gasteiger partial charge in [-0.15, -0.1) is 0 Å². The fraction of sp³-hybridized carbons (Fsp3) is 0.467. The van der Waals surface area contributed by atoms with Gasteiger partial charge in [0.2, 0.25) is 11.8 Å². The van der Waals surface area contributed by atoms with E-state index in [4.69, 9.17) is 4.74 Å². The van der Waals surface area contributed by atoms with Crippen LogP contribution in [-0.4, -0.2) is 35.5 Å². The molecule has 0 aliphatic carbocycles. The number of imide groups is 1. The van der Waals surface area contributed by atoms with E-state index in [2.05, 4.69) is 0 Å². The lowest BCUT2D eigenvalue weighted by Gasteiger charge is -2.23. The van der Waals surface area contributed by atoms with Crippen LogP contribution in [0.1, 0.15) is 37.4 Å². The van der Waals surface area contributed by atoms with Gasteiger partial charge >= 0.3 is 0 Å². The van der Waals surface area contributed by atoms with Crippen molar-refractivity contribution in [1.29, 1.82) is 0 Å². The number of hydrogen-bond acceptors (Lipinski definition) is 4. The lowest BCUT2D eigenvalue weighted by molar-refractivity contribution is -0.145. The minimum absolute atomic E-state index is 0.0158. The third-order valence-corrected chi connectivity index (χ3v) is 3.49. The highest BCUT2D eigenvalue weighted by Crippen LogP contribution is 2.26. The average Bonchev–Trinajstić information content (AvgIpc) is 2.62. The van der Waals surface area contributed by atoms with Gasteiger partial charge in [-0.2, -0.15) is 0 Å². The largest absolute Gasteiger partial charge is 0.496 e. The first-order chi connectivity index (χ1) is 9.63. The topological polar surface area (TPSA) is 66.8 Å². The van der Waals surface area contributed by atoms with Crippen LogP contribution >= 0.6 is 0 Å². The van der Waals surface area contributed by atoms with Crippen LogP contribution < -0.4 is 4.74 Å². The molecule has 2 amide bonds. The lowest BCUT2D eigenvalue weighted by atomic mass is 10.1. The second-order valence-corrected chi connectivity index (χ2v) is 4.86. The summed E-state index contributed by atoms with van der Waals surface area (Å²) in [6.07, 6.45) is 1.25. The Morgan fingerprint density at radius 3 is 2.40 bits per heavy atom. The van der Waals surface area contributed by atoms with Crippen molar-refractivity contribution in [3.8, 4) is 5.75 Å². The van der Waals surface area contributed by atoms with E-state index in [-0.39, 0.29) is 18.4 Å². The third-order valence-electron chi connectivity index (χ3n) is 3.49. The average molecular weight is 277 g/mol. The molecule has 0 bridgehead atoms. The Morgan fingerprint density at radius 1 is 1.20 bits per heavy atom. The number of benzene rings is 1. The summed E-state index contributed by atoms with van der Waals surface area (Å²) in [5.74, 6) is 0.137. The van der Waals surface area contributed by atoms with Gasteiger partial charge < -0.3 is 9.84 Å². The number of β-amino-alcohol motifs (C(OH)–C–C–N with tert-alkyl or cyclic N) is 1. The maximum Gasteiger partial charge on any atom is 0.229 e. The summed E-state index contributed by atoms with van der Waals surface area (Å²) in [6, 6.07) is 7.06. The maximum atomic E-state index is 11.9. The van der Waals surface area contributed by atoms with Crippen LogP contribution in [0.25, 0.3) is 0 Å². The second kappa shape index (κ2) is 6.52. The van der Waals surface area contributed by atoms with Gasteiger partial charge in [-0.05, 0) is 18.9 Å². The monoisotopic (exact) mass is 277 g/mol. The van der Waals surface area contributed by atoms with E-state index < -0.39 is 6.10 Å². The number of aliphatic hydroxyl groups excluding tert-OH is 1. The Kier molecular flexibility index (Phi) is 4.74. The van der Waals surface area contributed by atoms with Crippen molar-refractivity contribution in [3.63, 3.8) is 0 Å². The number of nitrogens with zero attached hydrogens (tertiary/aromatic N) is 1. The molecule has 5 nitrogen and oxygen atoms in total. The molecule has 0 spiro atoms. The van der Waals surface area contributed by atoms with Crippen molar-refractivity contribution < 1.29 is 19.4 Å². The highest BCUT2D eigenvalue weighted by atomic mass is 16.5. The van der Waals surface area contributed by atoms with Gasteiger partial charge in [-0.1, -0.05) is 18.2 Å². The number of rotatable bonds is 4. The summed E-state index contributed by atoms with van der Waals surface area (Å²) in [6.45, 7) is -0.0158. The molecule has 1 N–H and O–H groups in total. The lowest BCUT2D eigenvalue weighted by Crippen LogP contribution is -2.38. The van der Waals surface area contributed by atoms with E-state index in [1.807, 2.05) is 0 Å². The van der Waals surface area contributed by atoms with Crippen LogP contribution in [0.5, 0.6) is 5.75 Å². The van der Waals surface area contributed by atoms with E-state index in [1.54, 1.807) is 24.3 Å². The van der Waals surface area contributed by atoms with Crippen molar-refractivity contribution in [1.82, 2.24) is 4.90 Å². The smallest absolute Gasteiger partial charge is 0.229 e. The summed E-state index contributed by atoms with van der Waals surface area (Å²) in [7, 11) is 1.52. The van der Waals surface area contributed by atoms with Crippen LogP contribution in [0.3, 0.4) is 0 Å². The predicted molar refractivity (Wildman–Crippen MR) is 73.1 cm³/mol. The van der Waals surface area contributed by atoms with E-state index >= 15 is 0 Å². The Morgan fingerprint density at radius 2 is 1.80 bits per heavy atom. The number of likely N-dealkylation sites (tertiary alicyclic amines) is 1. The fourth-order valence-corrected chi connectivity index (χ4v) is 2.38. The molecule has 1 fully saturated rings. The zero-order valence-electron chi connectivity index (χ0n) is 11.5. The third kappa shape index (κ3) is 3.17. The minimum Gasteiger partial charge on any atom is -0.496 e. The first kappa shape index (κ1) is 14.5. The van der Waals surface area contributed by atoms with Gasteiger partial charge in [0.05, 0.1) is 13.7 Å². The van der Waals surface area contributed by atoms with E-state index in [0.29, 0.717) is 24.2 Å². The molecule has 1 aliphatic heterocycles. The molecule has 1 aromatic rings. The highest BCUT2D eigenvalue weighted by Gasteiger charge is 2.27. The van der Waals surface area contributed by atoms with Gasteiger partial charge in [0.1, 0.15) is 11.9 Å². The molecule has 1 atom stereocenters. The molecular formula is C15H19NO4. The molecule has 1 unspecified atom stereocenters. The first-order valence-corrected chi connectivity index (χ1v) is 6.77. The molecule has 0 saturated carbocycles. The van der Waals surface area contributed by atoms with Crippen molar-refractivity contribution in [2.45, 2.75) is 31.8 Å². The van der Waals surface area contributed by atoms with E-state index in [9.17, 15) is 14.7 Å². The normalized spacial score (nSPS) is 17.8. The molecule has 1 aromatic carbocycles. The molecule has 1 aliphatic rings. The van der Waals surface area contributed by atoms with Crippen LogP contribution in [0.15, 0.2) is 24.3 Å². The Balaban J connectivity index is 2.15. The Bertz CT molecular complexity index is 482. The number of amides is 2. The van der Waals surface area contributed by atoms with Gasteiger partial charge in [-0.3, -0.25) is 14.5 Å². The maximum absolute atomic E-state index is 11.9. The highest BCUT2D eigenvalue weighted by molar-refractivity contribution is 5.96. The van der Waals surface area contributed by atoms with E-state index in [1.165, 1.54) is 12.0 Å². The number of carbonyl (C=O) groups excluding carboxylic acids is 2. The standard InChI is InChI=1S/C15H19NO4/c1-20-13-7-3-2-6-11(13)12(17)10-16-14(18)8-4-5-9-15(16)19/h2-3,6-7,12,17H,4-5,8-10H2,1H3. The SMILES string of the molecule is COc1ccccc1C(O)CN1C(=O)CCCCC1=O. The molecule has 2 rings (SSSR count).